The largest absolute Gasteiger partial charge is 0.349 e. The molecule has 1 amide bonds. The average molecular weight is 300 g/mol. The molecular formula is C17H24N4O. The second-order valence-corrected chi connectivity index (χ2v) is 5.26. The summed E-state index contributed by atoms with van der Waals surface area (Å²) in [6, 6.07) is 10.4. The van der Waals surface area contributed by atoms with Crippen molar-refractivity contribution < 1.29 is 4.79 Å². The van der Waals surface area contributed by atoms with Crippen LogP contribution in [0.5, 0.6) is 0 Å². The maximum Gasteiger partial charge on any atom is 0.220 e. The molecule has 118 valence electrons. The fourth-order valence-electron chi connectivity index (χ4n) is 2.30. The van der Waals surface area contributed by atoms with Crippen LogP contribution in [0.25, 0.3) is 0 Å². The number of nitrogens with one attached hydrogen (secondary N) is 2. The molecule has 0 aliphatic carbocycles. The van der Waals surface area contributed by atoms with Crippen molar-refractivity contribution in [2.45, 2.75) is 32.4 Å². The first-order valence-corrected chi connectivity index (χ1v) is 7.75. The molecule has 2 aromatic rings. The maximum atomic E-state index is 11.7. The van der Waals surface area contributed by atoms with Crippen molar-refractivity contribution in [2.75, 3.05) is 13.6 Å². The normalized spacial score (nSPS) is 10.6. The van der Waals surface area contributed by atoms with Crippen molar-refractivity contribution >= 4 is 5.91 Å². The van der Waals surface area contributed by atoms with Crippen LogP contribution in [0, 0.1) is 0 Å². The van der Waals surface area contributed by atoms with Gasteiger partial charge in [-0.05, 0) is 32.0 Å². The number of carbonyl (C=O) groups excluding carboxylic acids is 1. The third kappa shape index (κ3) is 5.33. The Morgan fingerprint density at radius 1 is 1.27 bits per heavy atom. The van der Waals surface area contributed by atoms with Crippen LogP contribution in [-0.4, -0.2) is 29.1 Å². The highest BCUT2D eigenvalue weighted by Gasteiger charge is 2.06. The Kier molecular flexibility index (Phi) is 6.64. The summed E-state index contributed by atoms with van der Waals surface area (Å²) in [6.45, 7) is 2.22. The van der Waals surface area contributed by atoms with Crippen LogP contribution in [-0.2, 0) is 24.3 Å². The minimum absolute atomic E-state index is 0.0767. The molecule has 5 heteroatoms. The molecule has 0 fully saturated rings. The van der Waals surface area contributed by atoms with Gasteiger partial charge in [-0.3, -0.25) is 4.79 Å². The lowest BCUT2D eigenvalue weighted by Gasteiger charge is -2.09. The van der Waals surface area contributed by atoms with E-state index in [1.807, 2.05) is 19.3 Å². The molecule has 0 unspecified atom stereocenters. The van der Waals surface area contributed by atoms with E-state index in [0.717, 1.165) is 31.8 Å². The smallest absolute Gasteiger partial charge is 0.220 e. The average Bonchev–Trinajstić information content (AvgIpc) is 3.00. The summed E-state index contributed by atoms with van der Waals surface area (Å²) in [6.07, 6.45) is 6.11. The molecule has 22 heavy (non-hydrogen) atoms. The summed E-state index contributed by atoms with van der Waals surface area (Å²) in [5.41, 5.74) is 1.30. The van der Waals surface area contributed by atoms with E-state index in [4.69, 9.17) is 0 Å². The maximum absolute atomic E-state index is 11.7. The van der Waals surface area contributed by atoms with Gasteiger partial charge < -0.3 is 15.2 Å². The number of aromatic nitrogens is 2. The van der Waals surface area contributed by atoms with Crippen molar-refractivity contribution in [1.29, 1.82) is 0 Å². The summed E-state index contributed by atoms with van der Waals surface area (Å²) in [5, 5.41) is 5.97. The van der Waals surface area contributed by atoms with E-state index >= 15 is 0 Å². The van der Waals surface area contributed by atoms with E-state index < -0.39 is 0 Å². The molecule has 1 aromatic carbocycles. The Morgan fingerprint density at radius 3 is 2.86 bits per heavy atom. The number of aryl methyl sites for hydroxylation is 2. The van der Waals surface area contributed by atoms with Gasteiger partial charge in [0.15, 0.2) is 0 Å². The number of hydrogen-bond acceptors (Lipinski definition) is 3. The van der Waals surface area contributed by atoms with Crippen LogP contribution >= 0.6 is 0 Å². The van der Waals surface area contributed by atoms with E-state index in [-0.39, 0.29) is 5.91 Å². The van der Waals surface area contributed by atoms with E-state index in [2.05, 4.69) is 44.5 Å². The summed E-state index contributed by atoms with van der Waals surface area (Å²) >= 11 is 0. The zero-order valence-corrected chi connectivity index (χ0v) is 13.1. The van der Waals surface area contributed by atoms with Gasteiger partial charge in [-0.1, -0.05) is 30.3 Å². The molecular weight excluding hydrogens is 276 g/mol. The van der Waals surface area contributed by atoms with E-state index in [1.54, 1.807) is 6.20 Å². The minimum Gasteiger partial charge on any atom is -0.349 e. The molecule has 0 spiro atoms. The number of amides is 1. The van der Waals surface area contributed by atoms with Crippen LogP contribution in [0.4, 0.5) is 0 Å². The van der Waals surface area contributed by atoms with Crippen LogP contribution in [0.2, 0.25) is 0 Å². The summed E-state index contributed by atoms with van der Waals surface area (Å²) in [4.78, 5) is 16.1. The van der Waals surface area contributed by atoms with E-state index in [1.165, 1.54) is 5.56 Å². The topological polar surface area (TPSA) is 59.0 Å². The standard InChI is InChI=1S/C17H24N4O/c1-18-10-5-8-17(22)20-14-16-19-11-13-21(16)12-9-15-6-3-2-4-7-15/h2-4,6-7,11,13,18H,5,8-10,12,14H2,1H3,(H,20,22). The third-order valence-corrected chi connectivity index (χ3v) is 3.56. The van der Waals surface area contributed by atoms with Gasteiger partial charge in [-0.25, -0.2) is 4.98 Å². The monoisotopic (exact) mass is 300 g/mol. The van der Waals surface area contributed by atoms with Gasteiger partial charge in [0.25, 0.3) is 0 Å². The van der Waals surface area contributed by atoms with Crippen LogP contribution in [0.1, 0.15) is 24.2 Å². The van der Waals surface area contributed by atoms with Gasteiger partial charge >= 0.3 is 0 Å². The van der Waals surface area contributed by atoms with Crippen molar-refractivity contribution in [1.82, 2.24) is 20.2 Å². The first-order chi connectivity index (χ1) is 10.8. The van der Waals surface area contributed by atoms with Gasteiger partial charge in [-0.2, -0.15) is 0 Å². The van der Waals surface area contributed by atoms with Crippen molar-refractivity contribution in [2.24, 2.45) is 0 Å². The predicted octanol–water partition coefficient (Wildman–Crippen LogP) is 1.74. The number of carbonyl (C=O) groups is 1. The van der Waals surface area contributed by atoms with Crippen molar-refractivity contribution in [3.05, 3.63) is 54.1 Å². The van der Waals surface area contributed by atoms with E-state index in [9.17, 15) is 4.79 Å². The van der Waals surface area contributed by atoms with E-state index in [0.29, 0.717) is 13.0 Å². The molecule has 0 atom stereocenters. The summed E-state index contributed by atoms with van der Waals surface area (Å²) in [7, 11) is 1.89. The highest BCUT2D eigenvalue weighted by atomic mass is 16.1. The number of hydrogen-bond donors (Lipinski definition) is 2. The molecule has 1 heterocycles. The van der Waals surface area contributed by atoms with Crippen LogP contribution in [0.15, 0.2) is 42.7 Å². The predicted molar refractivity (Wildman–Crippen MR) is 87.4 cm³/mol. The highest BCUT2D eigenvalue weighted by Crippen LogP contribution is 2.04. The van der Waals surface area contributed by atoms with Crippen molar-refractivity contribution in [3.8, 4) is 0 Å². The first-order valence-electron chi connectivity index (χ1n) is 7.75. The summed E-state index contributed by atoms with van der Waals surface area (Å²) < 4.78 is 2.10. The Labute approximate surface area is 131 Å². The zero-order chi connectivity index (χ0) is 15.6. The SMILES string of the molecule is CNCCCC(=O)NCc1nccn1CCc1ccccc1. The lowest BCUT2D eigenvalue weighted by atomic mass is 10.1. The molecule has 2 rings (SSSR count). The molecule has 0 radical (unpaired) electrons. The molecule has 5 nitrogen and oxygen atoms in total. The molecule has 2 N–H and O–H groups in total. The fraction of sp³-hybridized carbons (Fsp3) is 0.412. The lowest BCUT2D eigenvalue weighted by molar-refractivity contribution is -0.121. The number of imidazole rings is 1. The van der Waals surface area contributed by atoms with Crippen LogP contribution < -0.4 is 10.6 Å². The third-order valence-electron chi connectivity index (χ3n) is 3.56. The molecule has 0 saturated carbocycles. The van der Waals surface area contributed by atoms with Gasteiger partial charge in [0.2, 0.25) is 5.91 Å². The van der Waals surface area contributed by atoms with Gasteiger partial charge in [0, 0.05) is 25.4 Å². The molecule has 0 aliphatic rings. The second-order valence-electron chi connectivity index (χ2n) is 5.26. The summed E-state index contributed by atoms with van der Waals surface area (Å²) in [5.74, 6) is 0.978. The molecule has 0 bridgehead atoms. The highest BCUT2D eigenvalue weighted by molar-refractivity contribution is 5.75. The quantitative estimate of drug-likeness (QED) is 0.694. The number of benzene rings is 1. The Hall–Kier alpha value is -2.14. The van der Waals surface area contributed by atoms with Crippen LogP contribution in [0.3, 0.4) is 0 Å². The number of nitrogens with zero attached hydrogens (tertiary/aromatic N) is 2. The lowest BCUT2D eigenvalue weighted by Crippen LogP contribution is -2.25. The second kappa shape index (κ2) is 9.00. The van der Waals surface area contributed by atoms with Gasteiger partial charge in [0.05, 0.1) is 6.54 Å². The first kappa shape index (κ1) is 16.2. The zero-order valence-electron chi connectivity index (χ0n) is 13.1. The van der Waals surface area contributed by atoms with Crippen molar-refractivity contribution in [3.63, 3.8) is 0 Å². The molecule has 0 aliphatic heterocycles. The Bertz CT molecular complexity index is 565. The Morgan fingerprint density at radius 2 is 2.09 bits per heavy atom. The fourth-order valence-corrected chi connectivity index (χ4v) is 2.30. The number of rotatable bonds is 9. The van der Waals surface area contributed by atoms with Gasteiger partial charge in [-0.15, -0.1) is 0 Å². The van der Waals surface area contributed by atoms with Gasteiger partial charge in [0.1, 0.15) is 5.82 Å². The minimum atomic E-state index is 0.0767. The molecule has 0 saturated heterocycles. The Balaban J connectivity index is 1.78. The molecule has 1 aromatic heterocycles.